The highest BCUT2D eigenvalue weighted by Crippen LogP contribution is 2.41. The van der Waals surface area contributed by atoms with E-state index in [1.807, 2.05) is 6.07 Å². The first kappa shape index (κ1) is 18.1. The third-order valence-electron chi connectivity index (χ3n) is 5.99. The van der Waals surface area contributed by atoms with Crippen LogP contribution in [0.3, 0.4) is 0 Å². The summed E-state index contributed by atoms with van der Waals surface area (Å²) in [4.78, 5) is 13.7. The van der Waals surface area contributed by atoms with Crippen LogP contribution in [-0.4, -0.2) is 37.0 Å². The Kier molecular flexibility index (Phi) is 5.44. The van der Waals surface area contributed by atoms with E-state index in [1.54, 1.807) is 0 Å². The minimum absolute atomic E-state index is 0.0701. The van der Waals surface area contributed by atoms with Gasteiger partial charge in [-0.2, -0.15) is 0 Å². The summed E-state index contributed by atoms with van der Waals surface area (Å²) in [5, 5.41) is 0. The van der Waals surface area contributed by atoms with E-state index in [0.29, 0.717) is 11.8 Å². The highest BCUT2D eigenvalue weighted by Gasteiger charge is 2.32. The van der Waals surface area contributed by atoms with Gasteiger partial charge in [0.25, 0.3) is 5.91 Å². The van der Waals surface area contributed by atoms with Crippen molar-refractivity contribution in [2.24, 2.45) is 11.7 Å². The summed E-state index contributed by atoms with van der Waals surface area (Å²) in [6.45, 7) is 3.59. The zero-order valence-electron chi connectivity index (χ0n) is 15.8. The number of benzene rings is 2. The Morgan fingerprint density at radius 3 is 2.67 bits per heavy atom. The molecule has 1 amide bonds. The maximum atomic E-state index is 11.1. The number of carbonyl (C=O) groups excluding carboxylic acids is 1. The molecule has 2 unspecified atom stereocenters. The van der Waals surface area contributed by atoms with E-state index in [-0.39, 0.29) is 6.61 Å². The lowest BCUT2D eigenvalue weighted by molar-refractivity contribution is -0.119. The Hall–Kier alpha value is -2.33. The molecule has 0 radical (unpaired) electrons. The maximum absolute atomic E-state index is 11.1. The number of carbonyl (C=O) groups is 1. The summed E-state index contributed by atoms with van der Waals surface area (Å²) in [6, 6.07) is 17.1. The van der Waals surface area contributed by atoms with Crippen LogP contribution in [0.15, 0.2) is 48.5 Å². The van der Waals surface area contributed by atoms with Crippen molar-refractivity contribution < 1.29 is 9.53 Å². The lowest BCUT2D eigenvalue weighted by Gasteiger charge is -2.40. The number of primary amides is 1. The SMILES string of the molecule is NC(=O)COc1ccc2c(c1)C(Cc1ccccc1)C(CN1CCC1)CC2. The fourth-order valence-corrected chi connectivity index (χ4v) is 4.45. The van der Waals surface area contributed by atoms with Crippen LogP contribution in [-0.2, 0) is 17.6 Å². The van der Waals surface area contributed by atoms with E-state index in [9.17, 15) is 4.79 Å². The quantitative estimate of drug-likeness (QED) is 0.821. The van der Waals surface area contributed by atoms with Gasteiger partial charge in [-0.3, -0.25) is 4.79 Å². The van der Waals surface area contributed by atoms with Gasteiger partial charge < -0.3 is 15.4 Å². The van der Waals surface area contributed by atoms with Gasteiger partial charge in [-0.15, -0.1) is 0 Å². The molecule has 4 rings (SSSR count). The average molecular weight is 364 g/mol. The van der Waals surface area contributed by atoms with Gasteiger partial charge in [0.05, 0.1) is 0 Å². The van der Waals surface area contributed by atoms with Crippen LogP contribution in [0, 0.1) is 5.92 Å². The number of hydrogen-bond donors (Lipinski definition) is 1. The van der Waals surface area contributed by atoms with Crippen LogP contribution >= 0.6 is 0 Å². The second kappa shape index (κ2) is 8.13. The molecule has 0 aromatic heterocycles. The summed E-state index contributed by atoms with van der Waals surface area (Å²) in [6.07, 6.45) is 4.74. The fraction of sp³-hybridized carbons (Fsp3) is 0.435. The third kappa shape index (κ3) is 4.33. The lowest BCUT2D eigenvalue weighted by atomic mass is 9.72. The van der Waals surface area contributed by atoms with Gasteiger partial charge >= 0.3 is 0 Å². The summed E-state index contributed by atoms with van der Waals surface area (Å²) in [5.41, 5.74) is 9.42. The molecule has 2 aromatic rings. The minimum Gasteiger partial charge on any atom is -0.484 e. The molecule has 2 aliphatic rings. The summed E-state index contributed by atoms with van der Waals surface area (Å²) >= 11 is 0. The number of hydrogen-bond acceptors (Lipinski definition) is 3. The molecule has 1 fully saturated rings. The second-order valence-electron chi connectivity index (χ2n) is 7.86. The summed E-state index contributed by atoms with van der Waals surface area (Å²) in [5.74, 6) is 1.44. The van der Waals surface area contributed by atoms with E-state index in [2.05, 4.69) is 47.4 Å². The third-order valence-corrected chi connectivity index (χ3v) is 5.99. The Morgan fingerprint density at radius 2 is 1.96 bits per heavy atom. The van der Waals surface area contributed by atoms with Crippen LogP contribution in [0.4, 0.5) is 0 Å². The van der Waals surface area contributed by atoms with Crippen molar-refractivity contribution >= 4 is 5.91 Å². The highest BCUT2D eigenvalue weighted by atomic mass is 16.5. The van der Waals surface area contributed by atoms with Crippen molar-refractivity contribution in [1.29, 1.82) is 0 Å². The maximum Gasteiger partial charge on any atom is 0.255 e. The molecule has 4 heteroatoms. The van der Waals surface area contributed by atoms with Crippen LogP contribution in [0.5, 0.6) is 5.75 Å². The van der Waals surface area contributed by atoms with Gasteiger partial charge in [0, 0.05) is 6.54 Å². The van der Waals surface area contributed by atoms with Crippen molar-refractivity contribution in [3.05, 3.63) is 65.2 Å². The monoisotopic (exact) mass is 364 g/mol. The summed E-state index contributed by atoms with van der Waals surface area (Å²) < 4.78 is 5.60. The van der Waals surface area contributed by atoms with Crippen molar-refractivity contribution in [3.8, 4) is 5.75 Å². The number of likely N-dealkylation sites (tertiary alicyclic amines) is 1. The Morgan fingerprint density at radius 1 is 1.15 bits per heavy atom. The van der Waals surface area contributed by atoms with E-state index < -0.39 is 5.91 Å². The molecule has 2 N–H and O–H groups in total. The molecule has 4 nitrogen and oxygen atoms in total. The van der Waals surface area contributed by atoms with Gasteiger partial charge in [-0.25, -0.2) is 0 Å². The van der Waals surface area contributed by atoms with E-state index in [0.717, 1.165) is 18.6 Å². The Bertz CT molecular complexity index is 786. The molecule has 2 atom stereocenters. The standard InChI is InChI=1S/C23H28N2O2/c24-23(26)16-27-20-10-9-18-7-8-19(15-25-11-4-12-25)21(22(18)14-20)13-17-5-2-1-3-6-17/h1-3,5-6,9-10,14,19,21H,4,7-8,11-13,15-16H2,(H2,24,26). The van der Waals surface area contributed by atoms with Crippen molar-refractivity contribution in [3.63, 3.8) is 0 Å². The molecular formula is C23H28N2O2. The van der Waals surface area contributed by atoms with Gasteiger partial charge in [0.2, 0.25) is 0 Å². The number of fused-ring (bicyclic) bond motifs is 1. The molecule has 1 saturated heterocycles. The average Bonchev–Trinajstić information content (AvgIpc) is 2.65. The van der Waals surface area contributed by atoms with Crippen LogP contribution < -0.4 is 10.5 Å². The van der Waals surface area contributed by atoms with Crippen molar-refractivity contribution in [1.82, 2.24) is 4.90 Å². The van der Waals surface area contributed by atoms with Crippen LogP contribution in [0.1, 0.15) is 35.4 Å². The molecule has 1 aliphatic carbocycles. The van der Waals surface area contributed by atoms with Crippen molar-refractivity contribution in [2.75, 3.05) is 26.2 Å². The lowest BCUT2D eigenvalue weighted by Crippen LogP contribution is -2.43. The number of nitrogens with two attached hydrogens (primary N) is 1. The molecule has 1 heterocycles. The van der Waals surface area contributed by atoms with E-state index in [1.165, 1.54) is 49.2 Å². The number of aryl methyl sites for hydroxylation is 1. The molecular weight excluding hydrogens is 336 g/mol. The molecule has 0 spiro atoms. The minimum atomic E-state index is -0.441. The predicted octanol–water partition coefficient (Wildman–Crippen LogP) is 3.15. The largest absolute Gasteiger partial charge is 0.484 e. The van der Waals surface area contributed by atoms with Crippen molar-refractivity contribution in [2.45, 2.75) is 31.6 Å². The van der Waals surface area contributed by atoms with Gasteiger partial charge in [0.15, 0.2) is 6.61 Å². The van der Waals surface area contributed by atoms with Gasteiger partial charge in [-0.05, 0) is 79.4 Å². The van der Waals surface area contributed by atoms with Crippen LogP contribution in [0.2, 0.25) is 0 Å². The Labute approximate surface area is 161 Å². The normalized spacial score (nSPS) is 21.9. The second-order valence-corrected chi connectivity index (χ2v) is 7.86. The van der Waals surface area contributed by atoms with Crippen LogP contribution in [0.25, 0.3) is 0 Å². The first-order valence-electron chi connectivity index (χ1n) is 9.99. The van der Waals surface area contributed by atoms with Gasteiger partial charge in [-0.1, -0.05) is 36.4 Å². The fourth-order valence-electron chi connectivity index (χ4n) is 4.45. The van der Waals surface area contributed by atoms with Gasteiger partial charge in [0.1, 0.15) is 5.75 Å². The molecule has 2 aromatic carbocycles. The first-order chi connectivity index (χ1) is 13.2. The smallest absolute Gasteiger partial charge is 0.255 e. The number of rotatable bonds is 7. The first-order valence-corrected chi connectivity index (χ1v) is 9.99. The Balaban J connectivity index is 1.61. The zero-order chi connectivity index (χ0) is 18.6. The topological polar surface area (TPSA) is 55.6 Å². The zero-order valence-corrected chi connectivity index (χ0v) is 15.8. The highest BCUT2D eigenvalue weighted by molar-refractivity contribution is 5.75. The molecule has 0 bridgehead atoms. The van der Waals surface area contributed by atoms with E-state index >= 15 is 0 Å². The molecule has 1 aliphatic heterocycles. The number of amides is 1. The number of ether oxygens (including phenoxy) is 1. The molecule has 27 heavy (non-hydrogen) atoms. The number of nitrogens with zero attached hydrogens (tertiary/aromatic N) is 1. The summed E-state index contributed by atoms with van der Waals surface area (Å²) in [7, 11) is 0. The van der Waals surface area contributed by atoms with E-state index in [4.69, 9.17) is 10.5 Å². The molecule has 142 valence electrons. The predicted molar refractivity (Wildman–Crippen MR) is 107 cm³/mol. The molecule has 0 saturated carbocycles.